The maximum atomic E-state index is 12.6. The van der Waals surface area contributed by atoms with Crippen LogP contribution >= 0.6 is 0 Å². The molecule has 0 fully saturated rings. The van der Waals surface area contributed by atoms with Crippen molar-refractivity contribution in [1.82, 2.24) is 24.6 Å². The normalized spacial score (nSPS) is 10.8. The number of aryl methyl sites for hydroxylation is 2. The van der Waals surface area contributed by atoms with Crippen LogP contribution in [0.3, 0.4) is 0 Å². The minimum absolute atomic E-state index is 0.116. The largest absolute Gasteiger partial charge is 0.382 e. The molecule has 0 aliphatic heterocycles. The second-order valence-electron chi connectivity index (χ2n) is 7.67. The first kappa shape index (κ1) is 21.8. The smallest absolute Gasteiger partial charge is 0.261 e. The van der Waals surface area contributed by atoms with E-state index in [0.717, 1.165) is 11.3 Å². The van der Waals surface area contributed by atoms with Crippen LogP contribution in [-0.4, -0.2) is 31.8 Å². The number of nitrogen functional groups attached to an aromatic ring is 1. The van der Waals surface area contributed by atoms with Crippen molar-refractivity contribution in [3.05, 3.63) is 82.0 Å². The highest BCUT2D eigenvalue weighted by molar-refractivity contribution is 5.81. The fourth-order valence-electron chi connectivity index (χ4n) is 3.69. The number of carbonyl (C=O) groups is 1. The van der Waals surface area contributed by atoms with E-state index in [1.165, 1.54) is 10.9 Å². The molecule has 1 amide bonds. The molecule has 9 nitrogen and oxygen atoms in total. The third-order valence-electron chi connectivity index (χ3n) is 5.39. The molecule has 2 aromatic heterocycles. The molecule has 0 radical (unpaired) electrons. The molecule has 9 heteroatoms. The highest BCUT2D eigenvalue weighted by Crippen LogP contribution is 2.21. The summed E-state index contributed by atoms with van der Waals surface area (Å²) in [5, 5.41) is 17.3. The van der Waals surface area contributed by atoms with E-state index in [4.69, 9.17) is 5.73 Å². The van der Waals surface area contributed by atoms with Gasteiger partial charge in [-0.05, 0) is 43.5 Å². The van der Waals surface area contributed by atoms with Gasteiger partial charge in [0.15, 0.2) is 0 Å². The summed E-state index contributed by atoms with van der Waals surface area (Å²) in [4.78, 5) is 29.3. The quantitative estimate of drug-likeness (QED) is 0.422. The Labute approximate surface area is 190 Å². The number of nitriles is 1. The Hall–Kier alpha value is -4.45. The molecule has 2 aromatic carbocycles. The van der Waals surface area contributed by atoms with Crippen LogP contribution in [0.4, 0.5) is 5.82 Å². The molecule has 0 aliphatic rings. The van der Waals surface area contributed by atoms with E-state index in [1.54, 1.807) is 16.8 Å². The lowest BCUT2D eigenvalue weighted by Crippen LogP contribution is -2.33. The maximum Gasteiger partial charge on any atom is 0.261 e. The molecular formula is C24H23N7O2. The van der Waals surface area contributed by atoms with Gasteiger partial charge < -0.3 is 11.1 Å². The molecule has 4 rings (SSSR count). The average molecular weight is 441 g/mol. The number of benzene rings is 2. The van der Waals surface area contributed by atoms with Crippen LogP contribution in [0.1, 0.15) is 23.2 Å². The van der Waals surface area contributed by atoms with E-state index in [1.807, 2.05) is 43.3 Å². The summed E-state index contributed by atoms with van der Waals surface area (Å²) >= 11 is 0. The Morgan fingerprint density at radius 1 is 1.18 bits per heavy atom. The number of aromatic nitrogens is 4. The van der Waals surface area contributed by atoms with Crippen molar-refractivity contribution >= 4 is 22.6 Å². The minimum atomic E-state index is -0.291. The van der Waals surface area contributed by atoms with Crippen LogP contribution in [0.5, 0.6) is 0 Å². The van der Waals surface area contributed by atoms with Gasteiger partial charge >= 0.3 is 0 Å². The molecular weight excluding hydrogens is 418 g/mol. The van der Waals surface area contributed by atoms with Crippen molar-refractivity contribution in [3.8, 4) is 11.8 Å². The summed E-state index contributed by atoms with van der Waals surface area (Å²) < 4.78 is 2.85. The number of nitrogens with two attached hydrogens (primary N) is 1. The molecule has 0 saturated heterocycles. The van der Waals surface area contributed by atoms with Crippen molar-refractivity contribution < 1.29 is 4.79 Å². The average Bonchev–Trinajstić information content (AvgIpc) is 3.14. The van der Waals surface area contributed by atoms with Gasteiger partial charge in [0.25, 0.3) is 5.56 Å². The molecule has 0 spiro atoms. The molecule has 0 atom stereocenters. The van der Waals surface area contributed by atoms with E-state index >= 15 is 0 Å². The first-order valence-electron chi connectivity index (χ1n) is 10.5. The number of rotatable bonds is 7. The van der Waals surface area contributed by atoms with Gasteiger partial charge in [0, 0.05) is 6.54 Å². The summed E-state index contributed by atoms with van der Waals surface area (Å²) in [5.41, 5.74) is 9.12. The molecule has 4 aromatic rings. The third-order valence-corrected chi connectivity index (χ3v) is 5.39. The van der Waals surface area contributed by atoms with Crippen molar-refractivity contribution in [2.24, 2.45) is 0 Å². The number of carbonyl (C=O) groups excluding carboxylic acids is 1. The van der Waals surface area contributed by atoms with Crippen LogP contribution < -0.4 is 16.6 Å². The lowest BCUT2D eigenvalue weighted by molar-refractivity contribution is -0.121. The Bertz CT molecular complexity index is 1410. The first-order chi connectivity index (χ1) is 16.0. The van der Waals surface area contributed by atoms with Gasteiger partial charge in [-0.1, -0.05) is 30.3 Å². The van der Waals surface area contributed by atoms with Crippen LogP contribution in [0.2, 0.25) is 0 Å². The standard InChI is InChI=1S/C24H23N7O2/c1-16-7-5-10-18-22(16)28-15-30(24(18)33)14-21(32)27-12-6-11-20-19(13-25)23(26)31(29-20)17-8-3-2-4-9-17/h2-5,7-10,15H,6,11-12,14,26H2,1H3,(H,27,32). The number of fused-ring (bicyclic) bond motifs is 1. The molecule has 166 valence electrons. The molecule has 0 aliphatic carbocycles. The number of anilines is 1. The fraction of sp³-hybridized carbons (Fsp3) is 0.208. The van der Waals surface area contributed by atoms with E-state index in [-0.39, 0.29) is 18.0 Å². The van der Waals surface area contributed by atoms with Crippen LogP contribution in [-0.2, 0) is 17.8 Å². The summed E-state index contributed by atoms with van der Waals surface area (Å²) in [6.07, 6.45) is 2.44. The SMILES string of the molecule is Cc1cccc2c(=O)n(CC(=O)NCCCc3nn(-c4ccccc4)c(N)c3C#N)cnc12. The van der Waals surface area contributed by atoms with Gasteiger partial charge in [0.1, 0.15) is 24.0 Å². The van der Waals surface area contributed by atoms with Gasteiger partial charge in [-0.15, -0.1) is 0 Å². The number of hydrogen-bond donors (Lipinski definition) is 2. The highest BCUT2D eigenvalue weighted by atomic mass is 16.2. The van der Waals surface area contributed by atoms with Crippen molar-refractivity contribution in [2.75, 3.05) is 12.3 Å². The Balaban J connectivity index is 1.37. The lowest BCUT2D eigenvalue weighted by atomic mass is 10.1. The maximum absolute atomic E-state index is 12.6. The second-order valence-corrected chi connectivity index (χ2v) is 7.67. The topological polar surface area (TPSA) is 132 Å². The summed E-state index contributed by atoms with van der Waals surface area (Å²) in [6.45, 7) is 2.14. The van der Waals surface area contributed by atoms with E-state index < -0.39 is 0 Å². The van der Waals surface area contributed by atoms with Gasteiger partial charge in [0.05, 0.1) is 28.6 Å². The number of para-hydroxylation sites is 2. The van der Waals surface area contributed by atoms with Crippen molar-refractivity contribution in [1.29, 1.82) is 5.26 Å². The molecule has 0 bridgehead atoms. The van der Waals surface area contributed by atoms with Gasteiger partial charge in [-0.3, -0.25) is 14.2 Å². The van der Waals surface area contributed by atoms with E-state index in [0.29, 0.717) is 47.4 Å². The Kier molecular flexibility index (Phi) is 6.17. The molecule has 0 saturated carbocycles. The summed E-state index contributed by atoms with van der Waals surface area (Å²) in [6, 6.07) is 16.9. The van der Waals surface area contributed by atoms with Crippen LogP contribution in [0.15, 0.2) is 59.7 Å². The molecule has 3 N–H and O–H groups in total. The minimum Gasteiger partial charge on any atom is -0.382 e. The van der Waals surface area contributed by atoms with Gasteiger partial charge in [-0.25, -0.2) is 9.67 Å². The number of nitrogens with zero attached hydrogens (tertiary/aromatic N) is 5. The Morgan fingerprint density at radius 3 is 2.73 bits per heavy atom. The zero-order valence-corrected chi connectivity index (χ0v) is 18.2. The van der Waals surface area contributed by atoms with E-state index in [2.05, 4.69) is 21.5 Å². The van der Waals surface area contributed by atoms with Crippen LogP contribution in [0.25, 0.3) is 16.6 Å². The highest BCUT2D eigenvalue weighted by Gasteiger charge is 2.16. The summed E-state index contributed by atoms with van der Waals surface area (Å²) in [5.74, 6) is 0.00175. The van der Waals surface area contributed by atoms with Gasteiger partial charge in [0.2, 0.25) is 5.91 Å². The predicted octanol–water partition coefficient (Wildman–Crippen LogP) is 2.09. The Morgan fingerprint density at radius 2 is 1.97 bits per heavy atom. The second kappa shape index (κ2) is 9.36. The van der Waals surface area contributed by atoms with Crippen molar-refractivity contribution in [3.63, 3.8) is 0 Å². The van der Waals surface area contributed by atoms with E-state index in [9.17, 15) is 14.9 Å². The van der Waals surface area contributed by atoms with Gasteiger partial charge in [-0.2, -0.15) is 10.4 Å². The predicted molar refractivity (Wildman–Crippen MR) is 125 cm³/mol. The number of hydrogen-bond acceptors (Lipinski definition) is 6. The number of nitrogens with one attached hydrogen (secondary N) is 1. The lowest BCUT2D eigenvalue weighted by Gasteiger charge is -2.08. The van der Waals surface area contributed by atoms with Crippen LogP contribution in [0, 0.1) is 18.3 Å². The molecule has 0 unspecified atom stereocenters. The molecule has 33 heavy (non-hydrogen) atoms. The molecule has 2 heterocycles. The number of amides is 1. The fourth-order valence-corrected chi connectivity index (χ4v) is 3.69. The monoisotopic (exact) mass is 441 g/mol. The zero-order valence-electron chi connectivity index (χ0n) is 18.2. The first-order valence-corrected chi connectivity index (χ1v) is 10.5. The zero-order chi connectivity index (χ0) is 23.4. The van der Waals surface area contributed by atoms with Crippen molar-refractivity contribution in [2.45, 2.75) is 26.3 Å². The summed E-state index contributed by atoms with van der Waals surface area (Å²) in [7, 11) is 0. The third kappa shape index (κ3) is 4.45.